The largest absolute Gasteiger partial charge is 0.493 e. The number of pyridine rings is 1. The summed E-state index contributed by atoms with van der Waals surface area (Å²) < 4.78 is 11.0. The Morgan fingerprint density at radius 1 is 1.05 bits per heavy atom. The Bertz CT molecular complexity index is 1520. The molecule has 1 aromatic heterocycles. The number of piperazine rings is 1. The van der Waals surface area contributed by atoms with Gasteiger partial charge in [0.25, 0.3) is 17.0 Å². The summed E-state index contributed by atoms with van der Waals surface area (Å²) in [6.45, 7) is 1.98. The lowest BCUT2D eigenvalue weighted by Crippen LogP contribution is -2.51. The number of ether oxygens (including phenoxy) is 2. The first kappa shape index (κ1) is 27.6. The van der Waals surface area contributed by atoms with Crippen molar-refractivity contribution in [2.45, 2.75) is 0 Å². The highest BCUT2D eigenvalue weighted by molar-refractivity contribution is 8.18. The summed E-state index contributed by atoms with van der Waals surface area (Å²) in [6.07, 6.45) is 2.89. The molecule has 12 nitrogen and oxygen atoms in total. The first-order valence-corrected chi connectivity index (χ1v) is 13.4. The number of aromatic nitrogens is 1. The van der Waals surface area contributed by atoms with E-state index < -0.39 is 16.1 Å². The van der Waals surface area contributed by atoms with Gasteiger partial charge in [-0.2, -0.15) is 0 Å². The lowest BCUT2D eigenvalue weighted by molar-refractivity contribution is -0.386. The van der Waals surface area contributed by atoms with Gasteiger partial charge in [0.05, 0.1) is 16.9 Å². The van der Waals surface area contributed by atoms with Gasteiger partial charge in [0, 0.05) is 44.1 Å². The van der Waals surface area contributed by atoms with Gasteiger partial charge >= 0.3 is 5.69 Å². The molecular formula is C28H25N5O7S. The van der Waals surface area contributed by atoms with Gasteiger partial charge in [-0.3, -0.25) is 29.4 Å². The lowest BCUT2D eigenvalue weighted by atomic mass is 10.2. The molecule has 3 heterocycles. The van der Waals surface area contributed by atoms with Crippen LogP contribution < -0.4 is 14.4 Å². The number of imide groups is 1. The second kappa shape index (κ2) is 12.1. The van der Waals surface area contributed by atoms with Crippen molar-refractivity contribution in [1.29, 1.82) is 0 Å². The summed E-state index contributed by atoms with van der Waals surface area (Å²) >= 11 is 0.751. The molecule has 41 heavy (non-hydrogen) atoms. The molecule has 2 aliphatic rings. The predicted octanol–water partition coefficient (Wildman–Crippen LogP) is 4.18. The predicted molar refractivity (Wildman–Crippen MR) is 152 cm³/mol. The Labute approximate surface area is 239 Å². The van der Waals surface area contributed by atoms with E-state index in [9.17, 15) is 24.5 Å². The van der Waals surface area contributed by atoms with Gasteiger partial charge in [0.2, 0.25) is 5.91 Å². The Kier molecular flexibility index (Phi) is 8.15. The van der Waals surface area contributed by atoms with Crippen LogP contribution in [0.25, 0.3) is 6.08 Å². The summed E-state index contributed by atoms with van der Waals surface area (Å²) in [6, 6.07) is 17.3. The zero-order valence-electron chi connectivity index (χ0n) is 22.0. The van der Waals surface area contributed by atoms with Crippen molar-refractivity contribution in [1.82, 2.24) is 14.8 Å². The highest BCUT2D eigenvalue weighted by atomic mass is 32.2. The molecule has 0 unspecified atom stereocenters. The van der Waals surface area contributed by atoms with Gasteiger partial charge in [0.15, 0.2) is 11.5 Å². The fourth-order valence-electron chi connectivity index (χ4n) is 4.44. The summed E-state index contributed by atoms with van der Waals surface area (Å²) in [5.74, 6) is -0.621. The Balaban J connectivity index is 1.24. The van der Waals surface area contributed by atoms with Gasteiger partial charge in [-0.05, 0) is 53.7 Å². The number of nitro groups is 1. The molecule has 0 N–H and O–H groups in total. The van der Waals surface area contributed by atoms with Crippen molar-refractivity contribution >= 4 is 46.3 Å². The Hall–Kier alpha value is -4.91. The maximum absolute atomic E-state index is 13.0. The van der Waals surface area contributed by atoms with Crippen molar-refractivity contribution in [3.05, 3.63) is 87.4 Å². The quantitative estimate of drug-likeness (QED) is 0.219. The van der Waals surface area contributed by atoms with E-state index in [-0.39, 0.29) is 40.4 Å². The van der Waals surface area contributed by atoms with E-state index in [1.807, 2.05) is 30.3 Å². The normalized spacial score (nSPS) is 16.3. The monoisotopic (exact) mass is 575 g/mol. The summed E-state index contributed by atoms with van der Waals surface area (Å²) in [5.41, 5.74) is 1.31. The summed E-state index contributed by atoms with van der Waals surface area (Å²) in [7, 11) is 1.40. The maximum Gasteiger partial charge on any atom is 0.331 e. The third kappa shape index (κ3) is 6.14. The van der Waals surface area contributed by atoms with E-state index in [1.54, 1.807) is 17.0 Å². The van der Waals surface area contributed by atoms with Gasteiger partial charge < -0.3 is 19.3 Å². The maximum atomic E-state index is 13.0. The van der Waals surface area contributed by atoms with E-state index in [0.29, 0.717) is 31.7 Å². The standard InChI is InChI=1S/C28H25N5O7S/c1-39-23-16-19(9-10-22(23)40-26-21(33(37)38)8-5-11-29-26)17-24-27(35)32(28(36)41-24)18-25(34)31-14-12-30(13-15-31)20-6-3-2-4-7-20/h2-11,16-17H,12-15,18H2,1H3/b24-17-. The zero-order chi connectivity index (χ0) is 28.9. The van der Waals surface area contributed by atoms with E-state index >= 15 is 0 Å². The fraction of sp³-hybridized carbons (Fsp3) is 0.214. The van der Waals surface area contributed by atoms with Gasteiger partial charge in [-0.1, -0.05) is 24.3 Å². The topological polar surface area (TPSA) is 135 Å². The third-order valence-corrected chi connectivity index (χ3v) is 7.47. The third-order valence-electron chi connectivity index (χ3n) is 6.56. The minimum absolute atomic E-state index is 0.160. The average Bonchev–Trinajstić information content (AvgIpc) is 3.25. The molecule has 2 aliphatic heterocycles. The van der Waals surface area contributed by atoms with Crippen molar-refractivity contribution < 1.29 is 28.8 Å². The number of para-hydroxylation sites is 1. The second-order valence-electron chi connectivity index (χ2n) is 9.07. The molecule has 0 aliphatic carbocycles. The van der Waals surface area contributed by atoms with Crippen LogP contribution in [0.2, 0.25) is 0 Å². The second-order valence-corrected chi connectivity index (χ2v) is 10.1. The SMILES string of the molecule is COc1cc(/C=C2\SC(=O)N(CC(=O)N3CCN(c4ccccc4)CC3)C2=O)ccc1Oc1ncccc1[N+](=O)[O-]. The van der Waals surface area contributed by atoms with Crippen LogP contribution in [0.1, 0.15) is 5.56 Å². The van der Waals surface area contributed by atoms with E-state index in [4.69, 9.17) is 9.47 Å². The zero-order valence-corrected chi connectivity index (χ0v) is 22.8. The number of nitrogens with zero attached hydrogens (tertiary/aromatic N) is 5. The number of rotatable bonds is 8. The van der Waals surface area contributed by atoms with Crippen LogP contribution in [0.15, 0.2) is 71.8 Å². The molecule has 3 aromatic rings. The number of methoxy groups -OCH3 is 1. The van der Waals surface area contributed by atoms with Crippen LogP contribution in [-0.4, -0.2) is 76.6 Å². The molecular weight excluding hydrogens is 550 g/mol. The van der Waals surface area contributed by atoms with E-state index in [2.05, 4.69) is 9.88 Å². The minimum Gasteiger partial charge on any atom is -0.493 e. The molecule has 3 amide bonds. The highest BCUT2D eigenvalue weighted by Crippen LogP contribution is 2.37. The molecule has 0 spiro atoms. The molecule has 0 radical (unpaired) electrons. The van der Waals surface area contributed by atoms with Crippen LogP contribution in [0.4, 0.5) is 16.2 Å². The highest BCUT2D eigenvalue weighted by Gasteiger charge is 2.37. The molecule has 0 saturated carbocycles. The average molecular weight is 576 g/mol. The number of hydrogen-bond acceptors (Lipinski definition) is 10. The number of benzene rings is 2. The first-order chi connectivity index (χ1) is 19.8. The molecule has 2 saturated heterocycles. The fourth-order valence-corrected chi connectivity index (χ4v) is 5.28. The van der Waals surface area contributed by atoms with Gasteiger partial charge in [-0.25, -0.2) is 4.98 Å². The number of carbonyl (C=O) groups is 3. The molecule has 13 heteroatoms. The number of carbonyl (C=O) groups excluding carboxylic acids is 3. The van der Waals surface area contributed by atoms with E-state index in [1.165, 1.54) is 37.6 Å². The number of amides is 3. The van der Waals surface area contributed by atoms with Crippen LogP contribution >= 0.6 is 11.8 Å². The van der Waals surface area contributed by atoms with Crippen LogP contribution in [0.5, 0.6) is 17.4 Å². The van der Waals surface area contributed by atoms with Crippen molar-refractivity contribution in [2.24, 2.45) is 0 Å². The molecule has 210 valence electrons. The minimum atomic E-state index is -0.602. The molecule has 0 bridgehead atoms. The van der Waals surface area contributed by atoms with E-state index in [0.717, 1.165) is 22.3 Å². The first-order valence-electron chi connectivity index (χ1n) is 12.6. The molecule has 2 fully saturated rings. The van der Waals surface area contributed by atoms with Crippen molar-refractivity contribution in [3.8, 4) is 17.4 Å². The smallest absolute Gasteiger partial charge is 0.331 e. The van der Waals surface area contributed by atoms with Gasteiger partial charge in [-0.15, -0.1) is 0 Å². The Morgan fingerprint density at radius 3 is 2.51 bits per heavy atom. The molecule has 0 atom stereocenters. The number of thioether (sulfide) groups is 1. The van der Waals surface area contributed by atoms with Crippen molar-refractivity contribution in [2.75, 3.05) is 44.7 Å². The Morgan fingerprint density at radius 2 is 1.80 bits per heavy atom. The summed E-state index contributed by atoms with van der Waals surface area (Å²) in [5, 5.41) is 10.8. The number of anilines is 1. The van der Waals surface area contributed by atoms with Crippen LogP contribution in [-0.2, 0) is 9.59 Å². The van der Waals surface area contributed by atoms with Crippen molar-refractivity contribution in [3.63, 3.8) is 0 Å². The molecule has 5 rings (SSSR count). The van der Waals surface area contributed by atoms with Gasteiger partial charge in [0.1, 0.15) is 6.54 Å². The summed E-state index contributed by atoms with van der Waals surface area (Å²) in [4.78, 5) is 58.2. The van der Waals surface area contributed by atoms with Crippen LogP contribution in [0.3, 0.4) is 0 Å². The lowest BCUT2D eigenvalue weighted by Gasteiger charge is -2.36. The number of hydrogen-bond donors (Lipinski definition) is 0. The van der Waals surface area contributed by atoms with Crippen LogP contribution in [0, 0.1) is 10.1 Å². The molecule has 2 aromatic carbocycles.